The van der Waals surface area contributed by atoms with Gasteiger partial charge in [0.25, 0.3) is 0 Å². The summed E-state index contributed by atoms with van der Waals surface area (Å²) in [5.74, 6) is 0. The van der Waals surface area contributed by atoms with Crippen molar-refractivity contribution < 1.29 is 4.74 Å². The number of methoxy groups -OCH3 is 1. The molecule has 1 atom stereocenters. The molecule has 2 heteroatoms. The Balaban J connectivity index is 0.000000606. The van der Waals surface area contributed by atoms with Gasteiger partial charge in [0.1, 0.15) is 0 Å². The van der Waals surface area contributed by atoms with E-state index >= 15 is 0 Å². The van der Waals surface area contributed by atoms with E-state index in [1.165, 1.54) is 11.3 Å². The second-order valence-electron chi connectivity index (χ2n) is 3.93. The van der Waals surface area contributed by atoms with E-state index in [0.717, 1.165) is 19.5 Å². The Morgan fingerprint density at radius 1 is 1.19 bits per heavy atom. The van der Waals surface area contributed by atoms with Crippen LogP contribution in [0.4, 0.5) is 5.69 Å². The van der Waals surface area contributed by atoms with Gasteiger partial charge >= 0.3 is 0 Å². The van der Waals surface area contributed by atoms with Crippen molar-refractivity contribution in [1.29, 1.82) is 0 Å². The highest BCUT2D eigenvalue weighted by Crippen LogP contribution is 2.21. The van der Waals surface area contributed by atoms with E-state index in [2.05, 4.69) is 36.1 Å². The lowest BCUT2D eigenvalue weighted by atomic mass is 10.2. The fourth-order valence-electron chi connectivity index (χ4n) is 1.91. The third-order valence-electron chi connectivity index (χ3n) is 2.88. The SMILES string of the molecule is CC.COC1CCN(c2ccc(C)cc2)C1. The van der Waals surface area contributed by atoms with Crippen molar-refractivity contribution in [2.45, 2.75) is 33.3 Å². The zero-order valence-corrected chi connectivity index (χ0v) is 10.9. The Morgan fingerprint density at radius 2 is 1.81 bits per heavy atom. The fourth-order valence-corrected chi connectivity index (χ4v) is 1.91. The molecule has 2 nitrogen and oxygen atoms in total. The van der Waals surface area contributed by atoms with Gasteiger partial charge in [-0.3, -0.25) is 0 Å². The van der Waals surface area contributed by atoms with Crippen LogP contribution >= 0.6 is 0 Å². The monoisotopic (exact) mass is 221 g/mol. The zero-order chi connectivity index (χ0) is 12.0. The van der Waals surface area contributed by atoms with Crippen molar-refractivity contribution in [3.63, 3.8) is 0 Å². The van der Waals surface area contributed by atoms with Crippen LogP contribution in [0, 0.1) is 6.92 Å². The maximum Gasteiger partial charge on any atom is 0.0762 e. The standard InChI is InChI=1S/C12H17NO.C2H6/c1-10-3-5-11(6-4-10)13-8-7-12(9-13)14-2;1-2/h3-6,12H,7-9H2,1-2H3;1-2H3. The maximum absolute atomic E-state index is 5.34. The number of hydrogen-bond donors (Lipinski definition) is 0. The van der Waals surface area contributed by atoms with Crippen LogP contribution in [0.1, 0.15) is 25.8 Å². The Hall–Kier alpha value is -1.02. The molecule has 0 amide bonds. The molecular formula is C14H23NO. The summed E-state index contributed by atoms with van der Waals surface area (Å²) >= 11 is 0. The lowest BCUT2D eigenvalue weighted by Gasteiger charge is -2.18. The molecule has 1 aliphatic heterocycles. The van der Waals surface area contributed by atoms with Crippen LogP contribution in [-0.2, 0) is 4.74 Å². The van der Waals surface area contributed by atoms with Crippen molar-refractivity contribution in [1.82, 2.24) is 0 Å². The molecular weight excluding hydrogens is 198 g/mol. The summed E-state index contributed by atoms with van der Waals surface area (Å²) in [5.41, 5.74) is 2.63. The van der Waals surface area contributed by atoms with Gasteiger partial charge in [-0.1, -0.05) is 31.5 Å². The molecule has 0 spiro atoms. The lowest BCUT2D eigenvalue weighted by Crippen LogP contribution is -2.21. The van der Waals surface area contributed by atoms with Gasteiger partial charge in [0, 0.05) is 25.9 Å². The molecule has 90 valence electrons. The van der Waals surface area contributed by atoms with E-state index in [-0.39, 0.29) is 0 Å². The smallest absolute Gasteiger partial charge is 0.0762 e. The van der Waals surface area contributed by atoms with Gasteiger partial charge in [0.15, 0.2) is 0 Å². The quantitative estimate of drug-likeness (QED) is 0.760. The molecule has 1 aliphatic rings. The third-order valence-corrected chi connectivity index (χ3v) is 2.88. The highest BCUT2D eigenvalue weighted by Gasteiger charge is 2.21. The molecule has 0 N–H and O–H groups in total. The minimum atomic E-state index is 0.413. The van der Waals surface area contributed by atoms with Crippen LogP contribution in [-0.4, -0.2) is 26.3 Å². The normalized spacial score (nSPS) is 19.2. The molecule has 16 heavy (non-hydrogen) atoms. The molecule has 0 bridgehead atoms. The molecule has 1 aromatic carbocycles. The van der Waals surface area contributed by atoms with Crippen molar-refractivity contribution in [3.8, 4) is 0 Å². The van der Waals surface area contributed by atoms with Crippen LogP contribution in [0.3, 0.4) is 0 Å². The number of benzene rings is 1. The van der Waals surface area contributed by atoms with Crippen molar-refractivity contribution in [3.05, 3.63) is 29.8 Å². The Bertz CT molecular complexity index is 294. The van der Waals surface area contributed by atoms with E-state index in [9.17, 15) is 0 Å². The highest BCUT2D eigenvalue weighted by molar-refractivity contribution is 5.48. The predicted octanol–water partition coefficient (Wildman–Crippen LogP) is 3.25. The summed E-state index contributed by atoms with van der Waals surface area (Å²) < 4.78 is 5.34. The molecule has 1 unspecified atom stereocenters. The van der Waals surface area contributed by atoms with E-state index < -0.39 is 0 Å². The van der Waals surface area contributed by atoms with E-state index in [1.807, 2.05) is 13.8 Å². The zero-order valence-electron chi connectivity index (χ0n) is 10.9. The predicted molar refractivity (Wildman–Crippen MR) is 70.2 cm³/mol. The lowest BCUT2D eigenvalue weighted by molar-refractivity contribution is 0.121. The van der Waals surface area contributed by atoms with Gasteiger partial charge in [-0.05, 0) is 25.5 Å². The number of rotatable bonds is 2. The molecule has 0 aliphatic carbocycles. The summed E-state index contributed by atoms with van der Waals surface area (Å²) in [6.07, 6.45) is 1.56. The van der Waals surface area contributed by atoms with Crippen LogP contribution in [0.15, 0.2) is 24.3 Å². The number of hydrogen-bond acceptors (Lipinski definition) is 2. The average Bonchev–Trinajstić information content (AvgIpc) is 2.81. The molecule has 1 aromatic rings. The summed E-state index contributed by atoms with van der Waals surface area (Å²) in [7, 11) is 1.79. The summed E-state index contributed by atoms with van der Waals surface area (Å²) in [4.78, 5) is 2.38. The van der Waals surface area contributed by atoms with E-state index in [0.29, 0.717) is 6.10 Å². The van der Waals surface area contributed by atoms with Gasteiger partial charge in [0.2, 0.25) is 0 Å². The highest BCUT2D eigenvalue weighted by atomic mass is 16.5. The van der Waals surface area contributed by atoms with Crippen LogP contribution in [0.2, 0.25) is 0 Å². The van der Waals surface area contributed by atoms with Gasteiger partial charge in [-0.25, -0.2) is 0 Å². The first-order valence-electron chi connectivity index (χ1n) is 6.14. The largest absolute Gasteiger partial charge is 0.380 e. The van der Waals surface area contributed by atoms with Crippen LogP contribution in [0.5, 0.6) is 0 Å². The summed E-state index contributed by atoms with van der Waals surface area (Å²) in [6, 6.07) is 8.70. The fraction of sp³-hybridized carbons (Fsp3) is 0.571. The average molecular weight is 221 g/mol. The third kappa shape index (κ3) is 3.24. The van der Waals surface area contributed by atoms with Gasteiger partial charge in [0.05, 0.1) is 6.10 Å². The second-order valence-corrected chi connectivity index (χ2v) is 3.93. The number of nitrogens with zero attached hydrogens (tertiary/aromatic N) is 1. The molecule has 2 rings (SSSR count). The first-order chi connectivity index (χ1) is 7.79. The number of anilines is 1. The molecule has 1 fully saturated rings. The Kier molecular flexibility index (Phi) is 5.33. The van der Waals surface area contributed by atoms with Gasteiger partial charge in [-0.15, -0.1) is 0 Å². The summed E-state index contributed by atoms with van der Waals surface area (Å²) in [6.45, 7) is 8.26. The molecule has 1 heterocycles. The van der Waals surface area contributed by atoms with Gasteiger partial charge < -0.3 is 9.64 Å². The molecule has 0 saturated carbocycles. The number of ether oxygens (including phenoxy) is 1. The van der Waals surface area contributed by atoms with Crippen LogP contribution < -0.4 is 4.90 Å². The van der Waals surface area contributed by atoms with Crippen molar-refractivity contribution in [2.75, 3.05) is 25.1 Å². The van der Waals surface area contributed by atoms with E-state index in [4.69, 9.17) is 4.74 Å². The van der Waals surface area contributed by atoms with Crippen LogP contribution in [0.25, 0.3) is 0 Å². The molecule has 1 saturated heterocycles. The minimum Gasteiger partial charge on any atom is -0.380 e. The summed E-state index contributed by atoms with van der Waals surface area (Å²) in [5, 5.41) is 0. The Labute approximate surface area is 99.2 Å². The van der Waals surface area contributed by atoms with Crippen molar-refractivity contribution in [2.24, 2.45) is 0 Å². The molecule has 0 aromatic heterocycles. The topological polar surface area (TPSA) is 12.5 Å². The number of aryl methyl sites for hydroxylation is 1. The Morgan fingerprint density at radius 3 is 2.31 bits per heavy atom. The van der Waals surface area contributed by atoms with Gasteiger partial charge in [-0.2, -0.15) is 0 Å². The second kappa shape index (κ2) is 6.54. The minimum absolute atomic E-state index is 0.413. The first kappa shape index (κ1) is 13.0. The maximum atomic E-state index is 5.34. The van der Waals surface area contributed by atoms with E-state index in [1.54, 1.807) is 7.11 Å². The van der Waals surface area contributed by atoms with Crippen molar-refractivity contribution >= 4 is 5.69 Å². The molecule has 0 radical (unpaired) electrons. The first-order valence-corrected chi connectivity index (χ1v) is 6.14.